The summed E-state index contributed by atoms with van der Waals surface area (Å²) in [5.41, 5.74) is 0.656. The van der Waals surface area contributed by atoms with Crippen LogP contribution < -0.4 is 0 Å². The topological polar surface area (TPSA) is 24.7 Å². The Hall–Kier alpha value is -0.390. The highest BCUT2D eigenvalue weighted by atomic mass is 79.9. The van der Waals surface area contributed by atoms with Gasteiger partial charge >= 0.3 is 6.18 Å². The normalized spacial score (nSPS) is 14.5. The van der Waals surface area contributed by atoms with E-state index in [1.165, 1.54) is 0 Å². The van der Waals surface area contributed by atoms with Crippen molar-refractivity contribution in [3.8, 4) is 0 Å². The van der Waals surface area contributed by atoms with E-state index in [0.29, 0.717) is 18.7 Å². The zero-order valence-electron chi connectivity index (χ0n) is 8.73. The minimum atomic E-state index is -4.13. The molecule has 0 spiro atoms. The number of halogens is 4. The Kier molecular flexibility index (Phi) is 6.80. The molecular weight excluding hydrogens is 273 g/mol. The molecule has 0 saturated heterocycles. The third-order valence-corrected chi connectivity index (χ3v) is 2.04. The van der Waals surface area contributed by atoms with Crippen LogP contribution in [0.2, 0.25) is 0 Å². The maximum Gasteiger partial charge on any atom is 0.390 e. The highest BCUT2D eigenvalue weighted by Gasteiger charge is 2.25. The van der Waals surface area contributed by atoms with Crippen LogP contribution in [0, 0.1) is 0 Å². The van der Waals surface area contributed by atoms with E-state index in [1.54, 1.807) is 6.92 Å². The fourth-order valence-electron chi connectivity index (χ4n) is 0.868. The van der Waals surface area contributed by atoms with Crippen LogP contribution in [0.4, 0.5) is 13.2 Å². The summed E-state index contributed by atoms with van der Waals surface area (Å²) in [5, 5.41) is 0. The molecule has 0 saturated carbocycles. The van der Waals surface area contributed by atoms with Gasteiger partial charge in [-0.1, -0.05) is 0 Å². The highest BCUT2D eigenvalue weighted by Crippen LogP contribution is 2.19. The number of hydrogen-bond donors (Lipinski definition) is 0. The lowest BCUT2D eigenvalue weighted by Crippen LogP contribution is -2.10. The fourth-order valence-corrected chi connectivity index (χ4v) is 1.52. The smallest absolute Gasteiger partial charge is 0.294 e. The van der Waals surface area contributed by atoms with E-state index < -0.39 is 12.6 Å². The fraction of sp³-hybridized carbons (Fsp3) is 0.778. The summed E-state index contributed by atoms with van der Waals surface area (Å²) in [4.78, 5) is 7.87. The van der Waals surface area contributed by atoms with Crippen LogP contribution in [0.15, 0.2) is 9.98 Å². The second-order valence-corrected chi connectivity index (χ2v) is 3.92. The van der Waals surface area contributed by atoms with E-state index in [1.807, 2.05) is 6.92 Å². The molecule has 0 aromatic heterocycles. The van der Waals surface area contributed by atoms with Gasteiger partial charge in [0.05, 0.1) is 11.0 Å². The highest BCUT2D eigenvalue weighted by molar-refractivity contribution is 9.18. The molecule has 0 bridgehead atoms. The van der Waals surface area contributed by atoms with Gasteiger partial charge in [0.25, 0.3) is 0 Å². The summed E-state index contributed by atoms with van der Waals surface area (Å²) < 4.78 is 36.1. The first-order chi connectivity index (χ1) is 6.85. The van der Waals surface area contributed by atoms with Gasteiger partial charge in [-0.25, -0.2) is 0 Å². The van der Waals surface area contributed by atoms with Gasteiger partial charge in [0.1, 0.15) is 0 Å². The summed E-state index contributed by atoms with van der Waals surface area (Å²) in [6.45, 7) is 4.03. The van der Waals surface area contributed by atoms with Crippen molar-refractivity contribution < 1.29 is 13.2 Å². The van der Waals surface area contributed by atoms with E-state index in [4.69, 9.17) is 0 Å². The predicted molar refractivity (Wildman–Crippen MR) is 60.2 cm³/mol. The Balaban J connectivity index is 3.95. The number of hydrogen-bond acceptors (Lipinski definition) is 2. The van der Waals surface area contributed by atoms with Crippen LogP contribution in [0.5, 0.6) is 0 Å². The maximum absolute atomic E-state index is 11.8. The van der Waals surface area contributed by atoms with Crippen LogP contribution in [-0.2, 0) is 0 Å². The molecule has 2 nitrogen and oxygen atoms in total. The van der Waals surface area contributed by atoms with Gasteiger partial charge in [-0.3, -0.25) is 9.98 Å². The van der Waals surface area contributed by atoms with Gasteiger partial charge in [0.2, 0.25) is 0 Å². The second-order valence-electron chi connectivity index (χ2n) is 3.01. The molecule has 0 aliphatic carbocycles. The Labute approximate surface area is 95.8 Å². The van der Waals surface area contributed by atoms with Gasteiger partial charge in [-0.15, -0.1) is 0 Å². The Morgan fingerprint density at radius 3 is 2.33 bits per heavy atom. The number of rotatable bonds is 5. The quantitative estimate of drug-likeness (QED) is 0.690. The third-order valence-electron chi connectivity index (χ3n) is 1.51. The molecular formula is C9H14BrF3N2. The first kappa shape index (κ1) is 14.6. The van der Waals surface area contributed by atoms with Crippen LogP contribution in [-0.4, -0.2) is 29.6 Å². The summed E-state index contributed by atoms with van der Waals surface area (Å²) >= 11 is 3.22. The monoisotopic (exact) mass is 286 g/mol. The van der Waals surface area contributed by atoms with E-state index in [9.17, 15) is 13.2 Å². The van der Waals surface area contributed by atoms with Gasteiger partial charge in [0.15, 0.2) is 0 Å². The molecule has 0 aromatic rings. The maximum atomic E-state index is 11.8. The molecule has 0 radical (unpaired) electrons. The number of alkyl halides is 3. The molecule has 0 aromatic carbocycles. The summed E-state index contributed by atoms with van der Waals surface area (Å²) in [6, 6.07) is 0. The first-order valence-corrected chi connectivity index (χ1v) is 5.40. The average molecular weight is 287 g/mol. The van der Waals surface area contributed by atoms with Gasteiger partial charge < -0.3 is 0 Å². The van der Waals surface area contributed by atoms with E-state index in [0.717, 1.165) is 4.62 Å². The molecule has 0 atom stereocenters. The van der Waals surface area contributed by atoms with E-state index in [-0.39, 0.29) is 6.54 Å². The van der Waals surface area contributed by atoms with Crippen molar-refractivity contribution in [2.75, 3.05) is 13.1 Å². The zero-order chi connectivity index (χ0) is 11.9. The molecule has 0 rings (SSSR count). The summed E-state index contributed by atoms with van der Waals surface area (Å²) in [5.74, 6) is 0. The molecule has 88 valence electrons. The van der Waals surface area contributed by atoms with Crippen molar-refractivity contribution in [1.29, 1.82) is 0 Å². The lowest BCUT2D eigenvalue weighted by Gasteiger charge is -2.03. The minimum Gasteiger partial charge on any atom is -0.294 e. The van der Waals surface area contributed by atoms with E-state index >= 15 is 0 Å². The molecule has 0 heterocycles. The van der Waals surface area contributed by atoms with E-state index in [2.05, 4.69) is 25.9 Å². The molecule has 0 aliphatic rings. The zero-order valence-corrected chi connectivity index (χ0v) is 10.3. The van der Waals surface area contributed by atoms with Gasteiger partial charge in [0, 0.05) is 25.2 Å². The Morgan fingerprint density at radius 1 is 1.27 bits per heavy atom. The van der Waals surface area contributed by atoms with Crippen LogP contribution in [0.1, 0.15) is 26.7 Å². The molecule has 15 heavy (non-hydrogen) atoms. The number of aliphatic imine (C=N–C) groups is 2. The van der Waals surface area contributed by atoms with Crippen molar-refractivity contribution in [2.45, 2.75) is 32.9 Å². The lowest BCUT2D eigenvalue weighted by atomic mass is 10.3. The molecule has 0 fully saturated rings. The van der Waals surface area contributed by atoms with Crippen LogP contribution in [0.25, 0.3) is 0 Å². The summed E-state index contributed by atoms with van der Waals surface area (Å²) in [7, 11) is 0. The lowest BCUT2D eigenvalue weighted by molar-refractivity contribution is -0.132. The van der Waals surface area contributed by atoms with Crippen molar-refractivity contribution in [3.05, 3.63) is 0 Å². The summed E-state index contributed by atoms with van der Waals surface area (Å²) in [6.07, 6.45) is -4.52. The average Bonchev–Trinajstić information content (AvgIpc) is 2.01. The Bertz CT molecular complexity index is 246. The van der Waals surface area contributed by atoms with Crippen LogP contribution in [0.3, 0.4) is 0 Å². The Morgan fingerprint density at radius 2 is 1.87 bits per heavy atom. The van der Waals surface area contributed by atoms with Crippen LogP contribution >= 0.6 is 15.9 Å². The number of nitrogens with zero attached hydrogens (tertiary/aromatic N) is 2. The first-order valence-electron chi connectivity index (χ1n) is 4.60. The minimum absolute atomic E-state index is 0.207. The van der Waals surface area contributed by atoms with Crippen molar-refractivity contribution >= 4 is 26.3 Å². The van der Waals surface area contributed by atoms with Gasteiger partial charge in [-0.2, -0.15) is 13.2 Å². The van der Waals surface area contributed by atoms with Gasteiger partial charge in [-0.05, 0) is 29.8 Å². The standard InChI is InChI=1S/C9H14BrF3N2/c1-3-14-8(10)6-7(2)15-5-4-9(11,12)13/h3-6H2,1-2H3. The molecule has 0 amide bonds. The molecule has 6 heteroatoms. The third kappa shape index (κ3) is 9.90. The second kappa shape index (κ2) is 6.98. The predicted octanol–water partition coefficient (Wildman–Crippen LogP) is 3.60. The SMILES string of the molecule is CCN=C(Br)CC(C)=NCCC(F)(F)F. The largest absolute Gasteiger partial charge is 0.390 e. The molecule has 0 aliphatic heterocycles. The van der Waals surface area contributed by atoms with Crippen molar-refractivity contribution in [2.24, 2.45) is 9.98 Å². The molecule has 0 unspecified atom stereocenters. The van der Waals surface area contributed by atoms with Crippen molar-refractivity contribution in [3.63, 3.8) is 0 Å². The van der Waals surface area contributed by atoms with Crippen molar-refractivity contribution in [1.82, 2.24) is 0 Å². The molecule has 0 N–H and O–H groups in total.